The third kappa shape index (κ3) is 5.31. The third-order valence-electron chi connectivity index (χ3n) is 5.00. The molecule has 0 saturated heterocycles. The molecule has 2 unspecified atom stereocenters. The van der Waals surface area contributed by atoms with Crippen molar-refractivity contribution in [1.82, 2.24) is 0 Å². The first-order chi connectivity index (χ1) is 11.8. The summed E-state index contributed by atoms with van der Waals surface area (Å²) in [5.41, 5.74) is 1.93. The number of aryl methyl sites for hydroxylation is 1. The number of hydrogen-bond donors (Lipinski definition) is 0. The van der Waals surface area contributed by atoms with Crippen LogP contribution in [0, 0.1) is 24.2 Å². The van der Waals surface area contributed by atoms with Gasteiger partial charge in [-0.25, -0.2) is 0 Å². The molecule has 1 fully saturated rings. The molecule has 2 rings (SSSR count). The molecule has 2 atom stereocenters. The highest BCUT2D eigenvalue weighted by Crippen LogP contribution is 2.46. The van der Waals surface area contributed by atoms with Crippen molar-refractivity contribution >= 4 is 5.97 Å². The van der Waals surface area contributed by atoms with Crippen molar-refractivity contribution in [1.29, 1.82) is 0 Å². The molecule has 0 N–H and O–H groups in total. The molecule has 0 heterocycles. The number of rotatable bonds is 8. The Morgan fingerprint density at radius 2 is 1.84 bits per heavy atom. The third-order valence-corrected chi connectivity index (χ3v) is 5.00. The standard InChI is InChI=1S/C22H34O3/c1-16(2)13-22(21(23)25-14-17(3)4)12-6-7-20(22)24-15-19-10-8-18(5)9-11-19/h8-11,16-17,20H,6-7,12-15H2,1-5H3. The Bertz CT molecular complexity index is 547. The van der Waals surface area contributed by atoms with Gasteiger partial charge in [0.1, 0.15) is 0 Å². The van der Waals surface area contributed by atoms with Gasteiger partial charge in [0.25, 0.3) is 0 Å². The molecule has 0 aromatic heterocycles. The minimum absolute atomic E-state index is 0.0455. The number of ether oxygens (including phenoxy) is 2. The molecule has 140 valence electrons. The summed E-state index contributed by atoms with van der Waals surface area (Å²) in [7, 11) is 0. The molecule has 25 heavy (non-hydrogen) atoms. The predicted octanol–water partition coefficient (Wildman–Crippen LogP) is 5.30. The van der Waals surface area contributed by atoms with Gasteiger partial charge in [0.05, 0.1) is 24.7 Å². The molecule has 1 aliphatic carbocycles. The van der Waals surface area contributed by atoms with Crippen LogP contribution in [0.4, 0.5) is 0 Å². The summed E-state index contributed by atoms with van der Waals surface area (Å²) in [6, 6.07) is 8.41. The number of carbonyl (C=O) groups excluding carboxylic acids is 1. The lowest BCUT2D eigenvalue weighted by atomic mass is 9.76. The van der Waals surface area contributed by atoms with E-state index in [9.17, 15) is 4.79 Å². The van der Waals surface area contributed by atoms with Gasteiger partial charge in [-0.15, -0.1) is 0 Å². The van der Waals surface area contributed by atoms with E-state index in [0.29, 0.717) is 25.0 Å². The van der Waals surface area contributed by atoms with Crippen molar-refractivity contribution in [3.8, 4) is 0 Å². The fourth-order valence-corrected chi connectivity index (χ4v) is 3.83. The Hall–Kier alpha value is -1.35. The van der Waals surface area contributed by atoms with Gasteiger partial charge in [-0.1, -0.05) is 57.5 Å². The Kier molecular flexibility index (Phi) is 7.06. The molecule has 1 saturated carbocycles. The second-order valence-corrected chi connectivity index (χ2v) is 8.42. The molecular formula is C22H34O3. The summed E-state index contributed by atoms with van der Waals surface area (Å²) in [4.78, 5) is 13.0. The fourth-order valence-electron chi connectivity index (χ4n) is 3.83. The van der Waals surface area contributed by atoms with Crippen molar-refractivity contribution in [2.45, 2.75) is 73.0 Å². The number of carbonyl (C=O) groups is 1. The number of benzene rings is 1. The smallest absolute Gasteiger partial charge is 0.314 e. The maximum atomic E-state index is 13.0. The highest BCUT2D eigenvalue weighted by Gasteiger charge is 2.51. The van der Waals surface area contributed by atoms with E-state index in [1.165, 1.54) is 5.56 Å². The van der Waals surface area contributed by atoms with E-state index in [1.807, 2.05) is 0 Å². The minimum atomic E-state index is -0.478. The number of esters is 1. The Morgan fingerprint density at radius 3 is 2.44 bits per heavy atom. The van der Waals surface area contributed by atoms with E-state index in [4.69, 9.17) is 9.47 Å². The largest absolute Gasteiger partial charge is 0.465 e. The van der Waals surface area contributed by atoms with Gasteiger partial charge in [-0.05, 0) is 50.0 Å². The van der Waals surface area contributed by atoms with Crippen LogP contribution in [0.3, 0.4) is 0 Å². The van der Waals surface area contributed by atoms with Crippen molar-refractivity contribution < 1.29 is 14.3 Å². The van der Waals surface area contributed by atoms with E-state index >= 15 is 0 Å². The lowest BCUT2D eigenvalue weighted by Gasteiger charge is -2.35. The first-order valence-corrected chi connectivity index (χ1v) is 9.68. The Balaban J connectivity index is 2.09. The zero-order valence-electron chi connectivity index (χ0n) is 16.5. The maximum Gasteiger partial charge on any atom is 0.314 e. The molecular weight excluding hydrogens is 312 g/mol. The molecule has 1 aromatic rings. The van der Waals surface area contributed by atoms with E-state index in [2.05, 4.69) is 58.9 Å². The highest BCUT2D eigenvalue weighted by atomic mass is 16.5. The van der Waals surface area contributed by atoms with Crippen molar-refractivity contribution in [2.24, 2.45) is 17.3 Å². The Morgan fingerprint density at radius 1 is 1.16 bits per heavy atom. The monoisotopic (exact) mass is 346 g/mol. The van der Waals surface area contributed by atoms with E-state index in [-0.39, 0.29) is 12.1 Å². The average molecular weight is 347 g/mol. The predicted molar refractivity (Wildman–Crippen MR) is 101 cm³/mol. The van der Waals surface area contributed by atoms with Crippen LogP contribution in [0.25, 0.3) is 0 Å². The van der Waals surface area contributed by atoms with Gasteiger partial charge in [0, 0.05) is 0 Å². The minimum Gasteiger partial charge on any atom is -0.465 e. The van der Waals surface area contributed by atoms with Crippen LogP contribution in [-0.4, -0.2) is 18.7 Å². The lowest BCUT2D eigenvalue weighted by molar-refractivity contribution is -0.168. The van der Waals surface area contributed by atoms with E-state index < -0.39 is 5.41 Å². The van der Waals surface area contributed by atoms with E-state index in [0.717, 1.165) is 31.2 Å². The SMILES string of the molecule is Cc1ccc(COC2CCCC2(CC(C)C)C(=O)OCC(C)C)cc1. The van der Waals surface area contributed by atoms with Gasteiger partial charge in [-0.3, -0.25) is 4.79 Å². The molecule has 0 amide bonds. The zero-order chi connectivity index (χ0) is 18.4. The fraction of sp³-hybridized carbons (Fsp3) is 0.682. The van der Waals surface area contributed by atoms with Crippen LogP contribution in [0.1, 0.15) is 64.5 Å². The van der Waals surface area contributed by atoms with Crippen LogP contribution in [0.5, 0.6) is 0 Å². The molecule has 0 aliphatic heterocycles. The second-order valence-electron chi connectivity index (χ2n) is 8.42. The van der Waals surface area contributed by atoms with Crippen LogP contribution in [-0.2, 0) is 20.9 Å². The second kappa shape index (κ2) is 8.84. The van der Waals surface area contributed by atoms with Crippen LogP contribution in [0.15, 0.2) is 24.3 Å². The quantitative estimate of drug-likeness (QED) is 0.600. The van der Waals surface area contributed by atoms with E-state index in [1.54, 1.807) is 0 Å². The van der Waals surface area contributed by atoms with Crippen LogP contribution < -0.4 is 0 Å². The van der Waals surface area contributed by atoms with Crippen molar-refractivity contribution in [2.75, 3.05) is 6.61 Å². The lowest BCUT2D eigenvalue weighted by Crippen LogP contribution is -2.42. The van der Waals surface area contributed by atoms with Gasteiger partial charge in [0.2, 0.25) is 0 Å². The summed E-state index contributed by atoms with van der Waals surface area (Å²) in [5.74, 6) is 0.741. The first-order valence-electron chi connectivity index (χ1n) is 9.68. The molecule has 1 aliphatic rings. The van der Waals surface area contributed by atoms with Crippen LogP contribution >= 0.6 is 0 Å². The summed E-state index contributed by atoms with van der Waals surface area (Å²) >= 11 is 0. The summed E-state index contributed by atoms with van der Waals surface area (Å²) in [6.07, 6.45) is 3.64. The molecule has 3 heteroatoms. The molecule has 0 radical (unpaired) electrons. The summed E-state index contributed by atoms with van der Waals surface area (Å²) in [5, 5.41) is 0. The summed E-state index contributed by atoms with van der Waals surface area (Å²) in [6.45, 7) is 11.6. The van der Waals surface area contributed by atoms with Crippen molar-refractivity contribution in [3.63, 3.8) is 0 Å². The average Bonchev–Trinajstić information content (AvgIpc) is 2.95. The van der Waals surface area contributed by atoms with Gasteiger partial charge >= 0.3 is 5.97 Å². The van der Waals surface area contributed by atoms with Gasteiger partial charge in [-0.2, -0.15) is 0 Å². The number of hydrogen-bond acceptors (Lipinski definition) is 3. The Labute approximate surface area is 153 Å². The molecule has 0 bridgehead atoms. The molecule has 3 nitrogen and oxygen atoms in total. The summed E-state index contributed by atoms with van der Waals surface area (Å²) < 4.78 is 11.9. The highest BCUT2D eigenvalue weighted by molar-refractivity contribution is 5.78. The molecule has 1 aromatic carbocycles. The first kappa shape index (κ1) is 20.0. The zero-order valence-corrected chi connectivity index (χ0v) is 16.5. The maximum absolute atomic E-state index is 13.0. The normalized spacial score (nSPS) is 23.4. The van der Waals surface area contributed by atoms with Gasteiger partial charge in [0.15, 0.2) is 0 Å². The van der Waals surface area contributed by atoms with Gasteiger partial charge < -0.3 is 9.47 Å². The van der Waals surface area contributed by atoms with Crippen molar-refractivity contribution in [3.05, 3.63) is 35.4 Å². The topological polar surface area (TPSA) is 35.5 Å². The van der Waals surface area contributed by atoms with Crippen LogP contribution in [0.2, 0.25) is 0 Å². The molecule has 0 spiro atoms.